The maximum Gasteiger partial charge on any atom is 0.343 e. The summed E-state index contributed by atoms with van der Waals surface area (Å²) in [5.74, 6) is 2.61. The molecule has 138 valence electrons. The first-order valence-corrected chi connectivity index (χ1v) is 9.64. The Bertz CT molecular complexity index is 1020. The third-order valence-corrected chi connectivity index (χ3v) is 5.56. The van der Waals surface area contributed by atoms with Crippen molar-refractivity contribution in [2.75, 3.05) is 5.32 Å². The number of aromatic amines is 1. The van der Waals surface area contributed by atoms with Crippen LogP contribution < -0.4 is 11.0 Å². The van der Waals surface area contributed by atoms with Gasteiger partial charge in [-0.2, -0.15) is 5.10 Å². The Morgan fingerprint density at radius 1 is 1.07 bits per heavy atom. The van der Waals surface area contributed by atoms with Gasteiger partial charge in [0.05, 0.1) is 0 Å². The summed E-state index contributed by atoms with van der Waals surface area (Å²) in [7, 11) is 0. The van der Waals surface area contributed by atoms with Crippen LogP contribution in [0.3, 0.4) is 0 Å². The molecule has 27 heavy (non-hydrogen) atoms. The molecule has 2 N–H and O–H groups in total. The molecular formula is C20H22N6O. The van der Waals surface area contributed by atoms with E-state index in [2.05, 4.69) is 27.6 Å². The van der Waals surface area contributed by atoms with Gasteiger partial charge in [-0.05, 0) is 32.1 Å². The van der Waals surface area contributed by atoms with Crippen molar-refractivity contribution in [1.82, 2.24) is 24.7 Å². The Balaban J connectivity index is 1.43. The molecule has 1 aliphatic heterocycles. The highest BCUT2D eigenvalue weighted by Crippen LogP contribution is 2.30. The molecular weight excluding hydrogens is 340 g/mol. The SMILES string of the molecule is O=c1[nH]nc2n1CCC(Nc1nc(-c3ccccc3)nc3c1CCC3)CC2. The van der Waals surface area contributed by atoms with Crippen LogP contribution in [0.5, 0.6) is 0 Å². The molecule has 0 bridgehead atoms. The van der Waals surface area contributed by atoms with Crippen LogP contribution in [0, 0.1) is 0 Å². The molecule has 7 heteroatoms. The lowest BCUT2D eigenvalue weighted by atomic mass is 10.1. The van der Waals surface area contributed by atoms with E-state index >= 15 is 0 Å². The smallest absolute Gasteiger partial charge is 0.343 e. The van der Waals surface area contributed by atoms with Crippen LogP contribution in [0.15, 0.2) is 35.1 Å². The van der Waals surface area contributed by atoms with Crippen LogP contribution >= 0.6 is 0 Å². The van der Waals surface area contributed by atoms with E-state index in [9.17, 15) is 4.79 Å². The monoisotopic (exact) mass is 362 g/mol. The second-order valence-electron chi connectivity index (χ2n) is 7.31. The minimum absolute atomic E-state index is 0.111. The van der Waals surface area contributed by atoms with E-state index in [4.69, 9.17) is 9.97 Å². The van der Waals surface area contributed by atoms with Gasteiger partial charge >= 0.3 is 5.69 Å². The van der Waals surface area contributed by atoms with Crippen LogP contribution in [-0.2, 0) is 25.8 Å². The molecule has 1 atom stereocenters. The second kappa shape index (κ2) is 6.64. The molecule has 0 saturated carbocycles. The van der Waals surface area contributed by atoms with Gasteiger partial charge in [-0.15, -0.1) is 0 Å². The minimum atomic E-state index is -0.111. The van der Waals surface area contributed by atoms with Crippen LogP contribution in [-0.4, -0.2) is 30.8 Å². The Morgan fingerprint density at radius 2 is 1.96 bits per heavy atom. The van der Waals surface area contributed by atoms with Gasteiger partial charge < -0.3 is 5.32 Å². The first kappa shape index (κ1) is 16.2. The van der Waals surface area contributed by atoms with Crippen molar-refractivity contribution >= 4 is 5.82 Å². The number of anilines is 1. The Labute approximate surface area is 156 Å². The normalized spacial score (nSPS) is 18.6. The third-order valence-electron chi connectivity index (χ3n) is 5.56. The average molecular weight is 362 g/mol. The van der Waals surface area contributed by atoms with Crippen LogP contribution in [0.1, 0.15) is 36.3 Å². The minimum Gasteiger partial charge on any atom is -0.367 e. The number of hydrogen-bond acceptors (Lipinski definition) is 5. The number of hydrogen-bond donors (Lipinski definition) is 2. The number of fused-ring (bicyclic) bond motifs is 2. The highest BCUT2D eigenvalue weighted by atomic mass is 16.1. The molecule has 2 aromatic heterocycles. The van der Waals surface area contributed by atoms with Crippen molar-refractivity contribution in [2.45, 2.75) is 51.1 Å². The fraction of sp³-hybridized carbons (Fsp3) is 0.400. The van der Waals surface area contributed by atoms with Gasteiger partial charge in [0.15, 0.2) is 5.82 Å². The van der Waals surface area contributed by atoms with E-state index in [0.29, 0.717) is 6.54 Å². The lowest BCUT2D eigenvalue weighted by molar-refractivity contribution is 0.571. The molecule has 1 unspecified atom stereocenters. The van der Waals surface area contributed by atoms with Crippen molar-refractivity contribution in [3.63, 3.8) is 0 Å². The lowest BCUT2D eigenvalue weighted by Gasteiger charge is -2.19. The van der Waals surface area contributed by atoms with E-state index in [-0.39, 0.29) is 11.7 Å². The summed E-state index contributed by atoms with van der Waals surface area (Å²) in [4.78, 5) is 21.5. The molecule has 2 aliphatic rings. The molecule has 0 saturated heterocycles. The van der Waals surface area contributed by atoms with E-state index in [0.717, 1.165) is 61.6 Å². The topological polar surface area (TPSA) is 88.5 Å². The van der Waals surface area contributed by atoms with Crippen molar-refractivity contribution in [1.29, 1.82) is 0 Å². The first-order valence-electron chi connectivity index (χ1n) is 9.64. The molecule has 3 aromatic rings. The Kier molecular flexibility index (Phi) is 3.99. The molecule has 3 heterocycles. The van der Waals surface area contributed by atoms with E-state index in [1.54, 1.807) is 4.57 Å². The summed E-state index contributed by atoms with van der Waals surface area (Å²) in [6.07, 6.45) is 5.78. The van der Waals surface area contributed by atoms with Gasteiger partial charge in [-0.3, -0.25) is 4.57 Å². The zero-order valence-corrected chi connectivity index (χ0v) is 15.1. The zero-order chi connectivity index (χ0) is 18.2. The van der Waals surface area contributed by atoms with Gasteiger partial charge in [-0.25, -0.2) is 19.9 Å². The predicted octanol–water partition coefficient (Wildman–Crippen LogP) is 2.33. The molecule has 0 spiro atoms. The number of nitrogens with zero attached hydrogens (tertiary/aromatic N) is 4. The van der Waals surface area contributed by atoms with E-state index in [1.165, 1.54) is 11.3 Å². The van der Waals surface area contributed by atoms with Gasteiger partial charge in [0.1, 0.15) is 11.6 Å². The zero-order valence-electron chi connectivity index (χ0n) is 15.1. The summed E-state index contributed by atoms with van der Waals surface area (Å²) in [6, 6.07) is 10.4. The second-order valence-corrected chi connectivity index (χ2v) is 7.31. The molecule has 0 radical (unpaired) electrons. The first-order chi connectivity index (χ1) is 13.3. The molecule has 0 fully saturated rings. The molecule has 1 aromatic carbocycles. The summed E-state index contributed by atoms with van der Waals surface area (Å²) in [5, 5.41) is 10.4. The molecule has 5 rings (SSSR count). The largest absolute Gasteiger partial charge is 0.367 e. The highest BCUT2D eigenvalue weighted by molar-refractivity contribution is 5.60. The number of aromatic nitrogens is 5. The van der Waals surface area contributed by atoms with Gasteiger partial charge in [0, 0.05) is 35.8 Å². The van der Waals surface area contributed by atoms with Crippen molar-refractivity contribution < 1.29 is 0 Å². The highest BCUT2D eigenvalue weighted by Gasteiger charge is 2.24. The average Bonchev–Trinajstić information content (AvgIpc) is 3.25. The fourth-order valence-electron chi connectivity index (χ4n) is 4.11. The summed E-state index contributed by atoms with van der Waals surface area (Å²) >= 11 is 0. The van der Waals surface area contributed by atoms with E-state index < -0.39 is 0 Å². The fourth-order valence-corrected chi connectivity index (χ4v) is 4.11. The quantitative estimate of drug-likeness (QED) is 0.747. The van der Waals surface area contributed by atoms with Crippen molar-refractivity contribution in [3.05, 3.63) is 57.9 Å². The number of benzene rings is 1. The number of rotatable bonds is 3. The van der Waals surface area contributed by atoms with E-state index in [1.807, 2.05) is 18.2 Å². The molecule has 0 amide bonds. The van der Waals surface area contributed by atoms with Gasteiger partial charge in [-0.1, -0.05) is 30.3 Å². The van der Waals surface area contributed by atoms with Crippen LogP contribution in [0.25, 0.3) is 11.4 Å². The maximum atomic E-state index is 11.8. The molecule has 7 nitrogen and oxygen atoms in total. The predicted molar refractivity (Wildman–Crippen MR) is 103 cm³/mol. The Morgan fingerprint density at radius 3 is 2.85 bits per heavy atom. The standard InChI is InChI=1S/C20H22N6O/c27-20-25-24-17-10-9-14(11-12-26(17)20)21-19-15-7-4-8-16(15)22-18(23-19)13-5-2-1-3-6-13/h1-3,5-6,14H,4,7-12H2,(H,25,27)(H,21,22,23). The summed E-state index contributed by atoms with van der Waals surface area (Å²) in [6.45, 7) is 0.682. The summed E-state index contributed by atoms with van der Waals surface area (Å²) < 4.78 is 1.75. The van der Waals surface area contributed by atoms with Crippen molar-refractivity contribution in [2.24, 2.45) is 0 Å². The molecule has 1 aliphatic carbocycles. The lowest BCUT2D eigenvalue weighted by Crippen LogP contribution is -2.24. The van der Waals surface area contributed by atoms with Crippen LogP contribution in [0.4, 0.5) is 5.82 Å². The third kappa shape index (κ3) is 3.03. The maximum absolute atomic E-state index is 11.8. The number of nitrogens with one attached hydrogen (secondary N) is 2. The van der Waals surface area contributed by atoms with Gasteiger partial charge in [0.2, 0.25) is 0 Å². The number of H-pyrrole nitrogens is 1. The number of aryl methyl sites for hydroxylation is 2. The van der Waals surface area contributed by atoms with Crippen molar-refractivity contribution in [3.8, 4) is 11.4 Å². The van der Waals surface area contributed by atoms with Crippen LogP contribution in [0.2, 0.25) is 0 Å². The van der Waals surface area contributed by atoms with Gasteiger partial charge in [0.25, 0.3) is 0 Å². The Hall–Kier alpha value is -2.96. The summed E-state index contributed by atoms with van der Waals surface area (Å²) in [5.41, 5.74) is 3.36.